The fourth-order valence-corrected chi connectivity index (χ4v) is 2.70. The minimum atomic E-state index is -0.365. The molecule has 0 spiro atoms. The van der Waals surface area contributed by atoms with Crippen molar-refractivity contribution in [3.05, 3.63) is 89.2 Å². The summed E-state index contributed by atoms with van der Waals surface area (Å²) in [6.45, 7) is 0.670. The van der Waals surface area contributed by atoms with E-state index in [0.717, 1.165) is 11.1 Å². The predicted molar refractivity (Wildman–Crippen MR) is 108 cm³/mol. The smallest absolute Gasteiger partial charge is 0.276 e. The van der Waals surface area contributed by atoms with Crippen molar-refractivity contribution in [2.24, 2.45) is 0 Å². The van der Waals surface area contributed by atoms with Gasteiger partial charge in [-0.1, -0.05) is 18.2 Å². The normalized spacial score (nSPS) is 10.1. The fourth-order valence-electron chi connectivity index (χ4n) is 2.70. The Bertz CT molecular complexity index is 1020. The molecule has 0 aliphatic heterocycles. The number of methoxy groups -OCH3 is 1. The van der Waals surface area contributed by atoms with E-state index < -0.39 is 0 Å². The summed E-state index contributed by atoms with van der Waals surface area (Å²) in [4.78, 5) is 21.9. The first-order valence-electron chi connectivity index (χ1n) is 8.92. The van der Waals surface area contributed by atoms with Crippen LogP contribution in [0.2, 0.25) is 0 Å². The van der Waals surface area contributed by atoms with Gasteiger partial charge in [0.25, 0.3) is 5.91 Å². The Morgan fingerprint density at radius 1 is 1.14 bits per heavy atom. The van der Waals surface area contributed by atoms with Gasteiger partial charge in [0.05, 0.1) is 24.3 Å². The highest BCUT2D eigenvalue weighted by molar-refractivity contribution is 5.99. The molecule has 0 saturated heterocycles. The summed E-state index contributed by atoms with van der Waals surface area (Å²) in [5.74, 6) is 0.160. The lowest BCUT2D eigenvalue weighted by Gasteiger charge is -2.13. The van der Waals surface area contributed by atoms with Gasteiger partial charge in [-0.25, -0.2) is 5.48 Å². The summed E-state index contributed by atoms with van der Waals surface area (Å²) < 4.78 is 5.26. The van der Waals surface area contributed by atoms with Crippen LogP contribution in [-0.2, 0) is 18.0 Å². The molecule has 7 heteroatoms. The number of carbonyl (C=O) groups is 1. The Morgan fingerprint density at radius 3 is 2.69 bits per heavy atom. The van der Waals surface area contributed by atoms with Crippen LogP contribution >= 0.6 is 0 Å². The number of pyridine rings is 1. The van der Waals surface area contributed by atoms with E-state index in [0.29, 0.717) is 29.1 Å². The molecule has 1 heterocycles. The van der Waals surface area contributed by atoms with Crippen LogP contribution in [0.4, 0.5) is 5.69 Å². The molecular weight excluding hydrogens is 368 g/mol. The lowest BCUT2D eigenvalue weighted by atomic mass is 10.1. The third-order valence-corrected chi connectivity index (χ3v) is 4.21. The molecule has 0 aliphatic rings. The highest BCUT2D eigenvalue weighted by Crippen LogP contribution is 2.21. The van der Waals surface area contributed by atoms with Crippen molar-refractivity contribution in [2.75, 3.05) is 12.4 Å². The number of benzene rings is 2. The van der Waals surface area contributed by atoms with Gasteiger partial charge in [0, 0.05) is 30.2 Å². The zero-order valence-electron chi connectivity index (χ0n) is 15.9. The first-order chi connectivity index (χ1) is 14.2. The van der Waals surface area contributed by atoms with E-state index in [1.54, 1.807) is 42.7 Å². The molecule has 0 aliphatic carbocycles. The van der Waals surface area contributed by atoms with Gasteiger partial charge in [0.15, 0.2) is 0 Å². The van der Waals surface area contributed by atoms with Crippen molar-refractivity contribution in [3.8, 4) is 11.8 Å². The Balaban J connectivity index is 1.61. The maximum Gasteiger partial charge on any atom is 0.276 e. The molecule has 1 amide bonds. The van der Waals surface area contributed by atoms with Crippen LogP contribution in [0.1, 0.15) is 27.0 Å². The number of para-hydroxylation sites is 1. The number of ether oxygens (including phenoxy) is 1. The fraction of sp³-hybridized carbons (Fsp3) is 0.136. The monoisotopic (exact) mass is 388 g/mol. The zero-order valence-corrected chi connectivity index (χ0v) is 15.9. The van der Waals surface area contributed by atoms with Gasteiger partial charge in [-0.15, -0.1) is 0 Å². The second-order valence-corrected chi connectivity index (χ2v) is 6.11. The molecule has 0 bridgehead atoms. The van der Waals surface area contributed by atoms with Crippen molar-refractivity contribution in [1.82, 2.24) is 10.5 Å². The second kappa shape index (κ2) is 9.88. The molecule has 0 fully saturated rings. The van der Waals surface area contributed by atoms with Crippen LogP contribution < -0.4 is 15.5 Å². The first kappa shape index (κ1) is 19.9. The lowest BCUT2D eigenvalue weighted by Crippen LogP contribution is -2.24. The van der Waals surface area contributed by atoms with E-state index in [9.17, 15) is 4.79 Å². The van der Waals surface area contributed by atoms with Crippen LogP contribution in [-0.4, -0.2) is 18.0 Å². The van der Waals surface area contributed by atoms with Crippen LogP contribution in [0.3, 0.4) is 0 Å². The number of rotatable bonds is 8. The van der Waals surface area contributed by atoms with E-state index in [1.165, 1.54) is 7.11 Å². The molecule has 7 nitrogen and oxygen atoms in total. The number of anilines is 1. The van der Waals surface area contributed by atoms with Crippen LogP contribution in [0, 0.1) is 11.3 Å². The third kappa shape index (κ3) is 5.31. The molecule has 0 atom stereocenters. The summed E-state index contributed by atoms with van der Waals surface area (Å²) in [5, 5.41) is 12.2. The molecule has 146 valence electrons. The van der Waals surface area contributed by atoms with Gasteiger partial charge < -0.3 is 10.1 Å². The summed E-state index contributed by atoms with van der Waals surface area (Å²) in [6, 6.07) is 18.1. The average molecular weight is 388 g/mol. The van der Waals surface area contributed by atoms with Crippen molar-refractivity contribution < 1.29 is 14.4 Å². The maximum atomic E-state index is 12.6. The van der Waals surface area contributed by atoms with Gasteiger partial charge in [-0.2, -0.15) is 5.26 Å². The van der Waals surface area contributed by atoms with Crippen LogP contribution in [0.5, 0.6) is 5.75 Å². The second-order valence-electron chi connectivity index (χ2n) is 6.11. The standard InChI is InChI=1S/C22H20N4O3/c1-28-21-12-17(13-23)6-7-18(21)15-29-26-22(27)19-4-2-3-5-20(19)25-14-16-8-10-24-11-9-16/h2-12,25H,14-15H2,1H3,(H,26,27). The number of aromatic nitrogens is 1. The molecule has 3 aromatic rings. The summed E-state index contributed by atoms with van der Waals surface area (Å²) in [7, 11) is 1.52. The van der Waals surface area contributed by atoms with Crippen molar-refractivity contribution in [2.45, 2.75) is 13.2 Å². The zero-order chi connectivity index (χ0) is 20.5. The van der Waals surface area contributed by atoms with Crippen molar-refractivity contribution >= 4 is 11.6 Å². The summed E-state index contributed by atoms with van der Waals surface area (Å²) >= 11 is 0. The minimum Gasteiger partial charge on any atom is -0.496 e. The van der Waals surface area contributed by atoms with E-state index in [4.69, 9.17) is 14.8 Å². The Kier molecular flexibility index (Phi) is 6.76. The highest BCUT2D eigenvalue weighted by Gasteiger charge is 2.12. The maximum absolute atomic E-state index is 12.6. The molecule has 0 unspecified atom stereocenters. The molecule has 1 aromatic heterocycles. The Labute approximate surface area is 168 Å². The number of hydroxylamine groups is 1. The van der Waals surface area contributed by atoms with Gasteiger partial charge in [-0.3, -0.25) is 14.6 Å². The van der Waals surface area contributed by atoms with E-state index in [-0.39, 0.29) is 12.5 Å². The SMILES string of the molecule is COc1cc(C#N)ccc1CONC(=O)c1ccccc1NCc1ccncc1. The van der Waals surface area contributed by atoms with Crippen molar-refractivity contribution in [3.63, 3.8) is 0 Å². The number of nitrogens with one attached hydrogen (secondary N) is 2. The largest absolute Gasteiger partial charge is 0.496 e. The number of amides is 1. The molecule has 0 saturated carbocycles. The van der Waals surface area contributed by atoms with Crippen LogP contribution in [0.15, 0.2) is 67.0 Å². The number of hydrogen-bond acceptors (Lipinski definition) is 6. The molecule has 29 heavy (non-hydrogen) atoms. The topological polar surface area (TPSA) is 96.3 Å². The molecule has 3 rings (SSSR count). The lowest BCUT2D eigenvalue weighted by molar-refractivity contribution is 0.0228. The van der Waals surface area contributed by atoms with Gasteiger partial charge in [0.2, 0.25) is 0 Å². The van der Waals surface area contributed by atoms with E-state index in [2.05, 4.69) is 21.9 Å². The highest BCUT2D eigenvalue weighted by atomic mass is 16.7. The number of hydrogen-bond donors (Lipinski definition) is 2. The van der Waals surface area contributed by atoms with E-state index >= 15 is 0 Å². The minimum absolute atomic E-state index is 0.104. The molecule has 0 radical (unpaired) electrons. The summed E-state index contributed by atoms with van der Waals surface area (Å²) in [5.41, 5.74) is 5.88. The van der Waals surface area contributed by atoms with Gasteiger partial charge >= 0.3 is 0 Å². The number of nitrogens with zero attached hydrogens (tertiary/aromatic N) is 2. The molecular formula is C22H20N4O3. The third-order valence-electron chi connectivity index (χ3n) is 4.21. The first-order valence-corrected chi connectivity index (χ1v) is 8.92. The van der Waals surface area contributed by atoms with Crippen molar-refractivity contribution in [1.29, 1.82) is 5.26 Å². The number of nitriles is 1. The van der Waals surface area contributed by atoms with Gasteiger partial charge in [0.1, 0.15) is 12.4 Å². The van der Waals surface area contributed by atoms with Crippen LogP contribution in [0.25, 0.3) is 0 Å². The average Bonchev–Trinajstić information content (AvgIpc) is 2.78. The Hall–Kier alpha value is -3.89. The summed E-state index contributed by atoms with van der Waals surface area (Å²) in [6.07, 6.45) is 3.45. The van der Waals surface area contributed by atoms with Gasteiger partial charge in [-0.05, 0) is 42.0 Å². The number of carbonyl (C=O) groups excluding carboxylic acids is 1. The quantitative estimate of drug-likeness (QED) is 0.574. The molecule has 2 aromatic carbocycles. The Morgan fingerprint density at radius 2 is 1.93 bits per heavy atom. The predicted octanol–water partition coefficient (Wildman–Crippen LogP) is 3.44. The molecule has 2 N–H and O–H groups in total. The van der Waals surface area contributed by atoms with E-state index in [1.807, 2.05) is 24.3 Å².